The van der Waals surface area contributed by atoms with E-state index in [4.69, 9.17) is 19.4 Å². The largest absolute Gasteiger partial charge is 0.456 e. The van der Waals surface area contributed by atoms with Crippen molar-refractivity contribution >= 4 is 21.9 Å². The molecule has 4 heteroatoms. The van der Waals surface area contributed by atoms with Crippen molar-refractivity contribution in [3.05, 3.63) is 210 Å². The predicted octanol–water partition coefficient (Wildman–Crippen LogP) is 12.8. The summed E-state index contributed by atoms with van der Waals surface area (Å²) in [5, 5.41) is 2.03. The standard InChI is InChI=1S/C52H31N3O/c1-2-15-32(16-3-1)49-53-50(55-51(54-49)40-23-14-28-47-48(40)39-22-9-13-27-46(39)56-47)33-29-30-45-41(31-33)38-21-8-12-26-44(38)52(45)42-24-10-6-19-36(42)34-17-4-5-18-35(34)37-20-7-11-25-43(37)52/h1-31H. The van der Waals surface area contributed by atoms with Crippen molar-refractivity contribution in [1.29, 1.82) is 0 Å². The number of rotatable bonds is 3. The van der Waals surface area contributed by atoms with E-state index in [0.717, 1.165) is 38.6 Å². The summed E-state index contributed by atoms with van der Waals surface area (Å²) >= 11 is 0. The third-order valence-electron chi connectivity index (χ3n) is 11.8. The molecule has 2 aliphatic rings. The summed E-state index contributed by atoms with van der Waals surface area (Å²) in [5.74, 6) is 1.85. The Hall–Kier alpha value is -7.43. The predicted molar refractivity (Wildman–Crippen MR) is 225 cm³/mol. The van der Waals surface area contributed by atoms with Crippen LogP contribution in [0.4, 0.5) is 0 Å². The first kappa shape index (κ1) is 31.0. The molecule has 0 aliphatic heterocycles. The van der Waals surface area contributed by atoms with E-state index in [1.807, 2.05) is 48.5 Å². The van der Waals surface area contributed by atoms with Crippen LogP contribution in [0.3, 0.4) is 0 Å². The number of benzene rings is 8. The van der Waals surface area contributed by atoms with E-state index in [9.17, 15) is 0 Å². The summed E-state index contributed by atoms with van der Waals surface area (Å²) in [6, 6.07) is 67.0. The van der Waals surface area contributed by atoms with Gasteiger partial charge in [0, 0.05) is 27.5 Å². The van der Waals surface area contributed by atoms with Gasteiger partial charge in [0.2, 0.25) is 0 Å². The maximum Gasteiger partial charge on any atom is 0.164 e. The van der Waals surface area contributed by atoms with Gasteiger partial charge in [-0.3, -0.25) is 0 Å². The van der Waals surface area contributed by atoms with Gasteiger partial charge in [-0.1, -0.05) is 170 Å². The molecule has 56 heavy (non-hydrogen) atoms. The molecule has 0 N–H and O–H groups in total. The average molecular weight is 714 g/mol. The minimum atomic E-state index is -0.548. The third kappa shape index (κ3) is 4.27. The lowest BCUT2D eigenvalue weighted by Gasteiger charge is -2.35. The Kier molecular flexibility index (Phi) is 6.52. The number of para-hydroxylation sites is 1. The van der Waals surface area contributed by atoms with Crippen molar-refractivity contribution in [3.8, 4) is 67.5 Å². The minimum Gasteiger partial charge on any atom is -0.456 e. The highest BCUT2D eigenvalue weighted by Gasteiger charge is 2.49. The SMILES string of the molecule is c1ccc(-c2nc(-c3ccc4c(c3)-c3ccccc3C43c4ccccc4-c4ccccc4-c4ccccc43)nc(-c3cccc4oc5ccccc5c34)n2)cc1. The van der Waals surface area contributed by atoms with E-state index in [2.05, 4.69) is 140 Å². The third-order valence-corrected chi connectivity index (χ3v) is 11.8. The smallest absolute Gasteiger partial charge is 0.164 e. The Labute approximate surface area is 323 Å². The van der Waals surface area contributed by atoms with Crippen LogP contribution in [0.15, 0.2) is 192 Å². The molecule has 0 saturated carbocycles. The van der Waals surface area contributed by atoms with Crippen LogP contribution in [-0.2, 0) is 5.41 Å². The van der Waals surface area contributed by atoms with E-state index in [1.54, 1.807) is 0 Å². The second-order valence-corrected chi connectivity index (χ2v) is 14.6. The van der Waals surface area contributed by atoms with Crippen LogP contribution in [0.2, 0.25) is 0 Å². The van der Waals surface area contributed by atoms with Crippen LogP contribution < -0.4 is 0 Å². The molecule has 2 aromatic heterocycles. The molecule has 4 nitrogen and oxygen atoms in total. The first-order chi connectivity index (χ1) is 27.8. The normalized spacial score (nSPS) is 13.1. The molecule has 0 unspecified atom stereocenters. The van der Waals surface area contributed by atoms with E-state index in [1.165, 1.54) is 55.6 Å². The Morgan fingerprint density at radius 2 is 0.804 bits per heavy atom. The number of furan rings is 1. The number of hydrogen-bond donors (Lipinski definition) is 0. The lowest BCUT2D eigenvalue weighted by atomic mass is 9.66. The maximum atomic E-state index is 6.29. The zero-order chi connectivity index (χ0) is 36.8. The topological polar surface area (TPSA) is 51.8 Å². The summed E-state index contributed by atoms with van der Waals surface area (Å²) in [4.78, 5) is 15.6. The van der Waals surface area contributed by atoms with Crippen molar-refractivity contribution in [1.82, 2.24) is 15.0 Å². The van der Waals surface area contributed by atoms with E-state index < -0.39 is 5.41 Å². The van der Waals surface area contributed by atoms with Crippen molar-refractivity contribution in [2.24, 2.45) is 0 Å². The van der Waals surface area contributed by atoms with Crippen molar-refractivity contribution in [3.63, 3.8) is 0 Å². The molecule has 2 aliphatic carbocycles. The Morgan fingerprint density at radius 3 is 1.48 bits per heavy atom. The van der Waals surface area contributed by atoms with Gasteiger partial charge in [0.05, 0.1) is 5.41 Å². The van der Waals surface area contributed by atoms with Gasteiger partial charge >= 0.3 is 0 Å². The number of hydrogen-bond acceptors (Lipinski definition) is 4. The molecule has 0 bridgehead atoms. The summed E-state index contributed by atoms with van der Waals surface area (Å²) in [6.07, 6.45) is 0. The van der Waals surface area contributed by atoms with Crippen LogP contribution in [0, 0.1) is 0 Å². The molecule has 0 fully saturated rings. The Morgan fingerprint density at radius 1 is 0.321 bits per heavy atom. The average Bonchev–Trinajstić information content (AvgIpc) is 3.77. The van der Waals surface area contributed by atoms with Crippen molar-refractivity contribution in [2.75, 3.05) is 0 Å². The van der Waals surface area contributed by atoms with Gasteiger partial charge in [-0.25, -0.2) is 15.0 Å². The molecule has 10 aromatic rings. The maximum absolute atomic E-state index is 6.29. The van der Waals surface area contributed by atoms with Crippen molar-refractivity contribution in [2.45, 2.75) is 5.41 Å². The first-order valence-electron chi connectivity index (χ1n) is 19.0. The van der Waals surface area contributed by atoms with Gasteiger partial charge in [-0.2, -0.15) is 0 Å². The lowest BCUT2D eigenvalue weighted by molar-refractivity contribution is 0.669. The molecular formula is C52H31N3O. The molecule has 0 amide bonds. The zero-order valence-electron chi connectivity index (χ0n) is 30.1. The van der Waals surface area contributed by atoms with Crippen LogP contribution in [0.5, 0.6) is 0 Å². The highest BCUT2D eigenvalue weighted by molar-refractivity contribution is 6.11. The summed E-state index contributed by atoms with van der Waals surface area (Å²) in [6.45, 7) is 0. The van der Waals surface area contributed by atoms with E-state index >= 15 is 0 Å². The van der Waals surface area contributed by atoms with Crippen LogP contribution in [-0.4, -0.2) is 15.0 Å². The Bertz CT molecular complexity index is 3150. The molecular weight excluding hydrogens is 683 g/mol. The second kappa shape index (κ2) is 11.8. The van der Waals surface area contributed by atoms with Gasteiger partial charge < -0.3 is 4.42 Å². The summed E-state index contributed by atoms with van der Waals surface area (Å²) in [7, 11) is 0. The minimum absolute atomic E-state index is 0.548. The van der Waals surface area contributed by atoms with Crippen molar-refractivity contribution < 1.29 is 4.42 Å². The lowest BCUT2D eigenvalue weighted by Crippen LogP contribution is -2.29. The van der Waals surface area contributed by atoms with Gasteiger partial charge in [0.15, 0.2) is 17.5 Å². The van der Waals surface area contributed by atoms with Crippen LogP contribution in [0.25, 0.3) is 89.5 Å². The quantitative estimate of drug-likeness (QED) is 0.183. The first-order valence-corrected chi connectivity index (χ1v) is 19.0. The summed E-state index contributed by atoms with van der Waals surface area (Å²) < 4.78 is 6.29. The number of aromatic nitrogens is 3. The highest BCUT2D eigenvalue weighted by atomic mass is 16.3. The molecule has 0 saturated heterocycles. The van der Waals surface area contributed by atoms with Gasteiger partial charge in [-0.05, 0) is 73.8 Å². The molecule has 0 atom stereocenters. The summed E-state index contributed by atoms with van der Waals surface area (Å²) in [5.41, 5.74) is 16.4. The zero-order valence-corrected chi connectivity index (χ0v) is 30.1. The number of fused-ring (bicyclic) bond motifs is 15. The van der Waals surface area contributed by atoms with Gasteiger partial charge in [-0.15, -0.1) is 0 Å². The van der Waals surface area contributed by atoms with Gasteiger partial charge in [0.25, 0.3) is 0 Å². The fourth-order valence-corrected chi connectivity index (χ4v) is 9.49. The second-order valence-electron chi connectivity index (χ2n) is 14.6. The fraction of sp³-hybridized carbons (Fsp3) is 0.0192. The molecule has 1 spiro atoms. The Balaban J connectivity index is 1.13. The molecule has 12 rings (SSSR count). The number of nitrogens with zero attached hydrogens (tertiary/aromatic N) is 3. The fourth-order valence-electron chi connectivity index (χ4n) is 9.49. The monoisotopic (exact) mass is 713 g/mol. The molecule has 260 valence electrons. The molecule has 2 heterocycles. The molecule has 0 radical (unpaired) electrons. The van der Waals surface area contributed by atoms with Crippen LogP contribution >= 0.6 is 0 Å². The van der Waals surface area contributed by atoms with E-state index in [-0.39, 0.29) is 0 Å². The van der Waals surface area contributed by atoms with Crippen LogP contribution in [0.1, 0.15) is 22.3 Å². The molecule has 8 aromatic carbocycles. The van der Waals surface area contributed by atoms with Gasteiger partial charge in [0.1, 0.15) is 11.2 Å². The van der Waals surface area contributed by atoms with E-state index in [0.29, 0.717) is 17.5 Å². The highest BCUT2D eigenvalue weighted by Crippen LogP contribution is 2.61.